The lowest BCUT2D eigenvalue weighted by Gasteiger charge is -2.11. The largest absolute Gasteiger partial charge is 0.478 e. The highest BCUT2D eigenvalue weighted by Gasteiger charge is 2.11. The topological polar surface area (TPSA) is 86.0 Å². The first-order valence-electron chi connectivity index (χ1n) is 6.10. The van der Waals surface area contributed by atoms with E-state index < -0.39 is 5.97 Å². The molecule has 2 aromatic rings. The maximum Gasteiger partial charge on any atom is 0.337 e. The van der Waals surface area contributed by atoms with E-state index in [0.717, 1.165) is 5.69 Å². The molecule has 0 aliphatic carbocycles. The predicted molar refractivity (Wildman–Crippen MR) is 80.1 cm³/mol. The minimum atomic E-state index is -1.08. The van der Waals surface area contributed by atoms with E-state index in [1.54, 1.807) is 19.1 Å². The lowest BCUT2D eigenvalue weighted by atomic mass is 10.1. The number of hydrogen-bond acceptors (Lipinski definition) is 4. The van der Waals surface area contributed by atoms with Gasteiger partial charge in [0.05, 0.1) is 27.5 Å². The molecule has 0 unspecified atom stereocenters. The van der Waals surface area contributed by atoms with Gasteiger partial charge in [-0.25, -0.2) is 4.79 Å². The summed E-state index contributed by atoms with van der Waals surface area (Å²) in [7, 11) is 0. The molecular weight excluding hydrogens is 290 g/mol. The Bertz CT molecular complexity index is 766. The van der Waals surface area contributed by atoms with Crippen LogP contribution in [0.2, 0.25) is 5.02 Å². The number of nitriles is 1. The van der Waals surface area contributed by atoms with Crippen molar-refractivity contribution in [2.24, 2.45) is 0 Å². The first kappa shape index (κ1) is 14.8. The molecule has 1 aromatic heterocycles. The molecule has 0 atom stereocenters. The molecule has 2 rings (SSSR count). The molecule has 0 radical (unpaired) electrons. The van der Waals surface area contributed by atoms with Gasteiger partial charge in [-0.15, -0.1) is 0 Å². The monoisotopic (exact) mass is 301 g/mol. The van der Waals surface area contributed by atoms with Gasteiger partial charge in [-0.2, -0.15) is 5.26 Å². The van der Waals surface area contributed by atoms with Crippen LogP contribution in [0, 0.1) is 25.2 Å². The summed E-state index contributed by atoms with van der Waals surface area (Å²) in [5.74, 6) is -1.08. The Kier molecular flexibility index (Phi) is 4.10. The Labute approximate surface area is 126 Å². The van der Waals surface area contributed by atoms with Crippen molar-refractivity contribution in [3.05, 3.63) is 51.8 Å². The van der Waals surface area contributed by atoms with Gasteiger partial charge < -0.3 is 10.4 Å². The summed E-state index contributed by atoms with van der Waals surface area (Å²) in [5.41, 5.74) is 3.10. The Morgan fingerprint density at radius 2 is 2.10 bits per heavy atom. The molecule has 0 amide bonds. The van der Waals surface area contributed by atoms with Gasteiger partial charge in [0.1, 0.15) is 6.07 Å². The summed E-state index contributed by atoms with van der Waals surface area (Å²) < 4.78 is 0. The number of benzene rings is 1. The van der Waals surface area contributed by atoms with Crippen LogP contribution < -0.4 is 5.32 Å². The molecule has 106 valence electrons. The number of aromatic carboxylic acids is 1. The van der Waals surface area contributed by atoms with Crippen LogP contribution in [0.25, 0.3) is 0 Å². The highest BCUT2D eigenvalue weighted by molar-refractivity contribution is 6.33. The lowest BCUT2D eigenvalue weighted by Crippen LogP contribution is -2.01. The standard InChI is InChI=1S/C15H12ClN3O2/c1-8-5-14(12(7-17)9(2)18-8)19-10-3-4-11(15(20)21)13(16)6-10/h3-6H,1-2H3,(H,18,19)(H,20,21). The summed E-state index contributed by atoms with van der Waals surface area (Å²) in [6, 6.07) is 8.38. The number of anilines is 2. The van der Waals surface area contributed by atoms with Gasteiger partial charge in [0.15, 0.2) is 0 Å². The second kappa shape index (κ2) is 5.81. The zero-order chi connectivity index (χ0) is 15.6. The van der Waals surface area contributed by atoms with Crippen LogP contribution in [0.3, 0.4) is 0 Å². The minimum Gasteiger partial charge on any atom is -0.478 e. The number of rotatable bonds is 3. The normalized spacial score (nSPS) is 10.0. The SMILES string of the molecule is Cc1cc(Nc2ccc(C(=O)O)c(Cl)c2)c(C#N)c(C)n1. The number of hydrogen-bond donors (Lipinski definition) is 2. The molecule has 0 spiro atoms. The second-order valence-corrected chi connectivity index (χ2v) is 4.92. The molecule has 0 saturated carbocycles. The summed E-state index contributed by atoms with van der Waals surface area (Å²) in [5, 5.41) is 21.4. The van der Waals surface area contributed by atoms with Crippen molar-refractivity contribution in [2.75, 3.05) is 5.32 Å². The highest BCUT2D eigenvalue weighted by atomic mass is 35.5. The molecule has 0 bridgehead atoms. The Hall–Kier alpha value is -2.58. The number of nitrogens with one attached hydrogen (secondary N) is 1. The van der Waals surface area contributed by atoms with Crippen molar-refractivity contribution in [2.45, 2.75) is 13.8 Å². The van der Waals surface area contributed by atoms with Crippen molar-refractivity contribution < 1.29 is 9.90 Å². The fraction of sp³-hybridized carbons (Fsp3) is 0.133. The van der Waals surface area contributed by atoms with Gasteiger partial charge in [-0.3, -0.25) is 4.98 Å². The molecule has 2 N–H and O–H groups in total. The van der Waals surface area contributed by atoms with Gasteiger partial charge in [-0.1, -0.05) is 11.6 Å². The van der Waals surface area contributed by atoms with Crippen LogP contribution in [0.1, 0.15) is 27.3 Å². The first-order chi connectivity index (χ1) is 9.92. The number of halogens is 1. The predicted octanol–water partition coefficient (Wildman–Crippen LogP) is 3.67. The van der Waals surface area contributed by atoms with Gasteiger partial charge >= 0.3 is 5.97 Å². The number of carbonyl (C=O) groups is 1. The number of carboxylic acid groups (broad SMARTS) is 1. The van der Waals surface area contributed by atoms with E-state index in [-0.39, 0.29) is 10.6 Å². The fourth-order valence-electron chi connectivity index (χ4n) is 1.99. The van der Waals surface area contributed by atoms with E-state index in [9.17, 15) is 10.1 Å². The number of aryl methyl sites for hydroxylation is 2. The first-order valence-corrected chi connectivity index (χ1v) is 6.48. The van der Waals surface area contributed by atoms with Crippen molar-refractivity contribution in [3.8, 4) is 6.07 Å². The zero-order valence-corrected chi connectivity index (χ0v) is 12.2. The molecule has 5 nitrogen and oxygen atoms in total. The molecule has 0 aliphatic rings. The molecule has 1 heterocycles. The van der Waals surface area contributed by atoms with Crippen molar-refractivity contribution in [3.63, 3.8) is 0 Å². The lowest BCUT2D eigenvalue weighted by molar-refractivity contribution is 0.0697. The highest BCUT2D eigenvalue weighted by Crippen LogP contribution is 2.26. The van der Waals surface area contributed by atoms with Crippen LogP contribution in [-0.2, 0) is 0 Å². The van der Waals surface area contributed by atoms with E-state index in [1.165, 1.54) is 12.1 Å². The third-order valence-corrected chi connectivity index (χ3v) is 3.23. The van der Waals surface area contributed by atoms with Crippen LogP contribution in [0.15, 0.2) is 24.3 Å². The van der Waals surface area contributed by atoms with Crippen molar-refractivity contribution in [1.29, 1.82) is 5.26 Å². The Morgan fingerprint density at radius 3 is 2.67 bits per heavy atom. The van der Waals surface area contributed by atoms with E-state index in [2.05, 4.69) is 16.4 Å². The number of nitrogens with zero attached hydrogens (tertiary/aromatic N) is 2. The summed E-state index contributed by atoms with van der Waals surface area (Å²) in [6.45, 7) is 3.59. The number of carboxylic acids is 1. The Morgan fingerprint density at radius 1 is 1.38 bits per heavy atom. The second-order valence-electron chi connectivity index (χ2n) is 4.51. The summed E-state index contributed by atoms with van der Waals surface area (Å²) in [6.07, 6.45) is 0. The van der Waals surface area contributed by atoms with Gasteiger partial charge in [-0.05, 0) is 38.1 Å². The van der Waals surface area contributed by atoms with Crippen molar-refractivity contribution >= 4 is 28.9 Å². The molecule has 0 aliphatic heterocycles. The van der Waals surface area contributed by atoms with Crippen LogP contribution in [0.5, 0.6) is 0 Å². The quantitative estimate of drug-likeness (QED) is 0.903. The van der Waals surface area contributed by atoms with Crippen LogP contribution in [0.4, 0.5) is 11.4 Å². The van der Waals surface area contributed by atoms with E-state index in [4.69, 9.17) is 16.7 Å². The Balaban J connectivity index is 2.42. The average molecular weight is 302 g/mol. The molecule has 6 heteroatoms. The minimum absolute atomic E-state index is 0.0322. The third-order valence-electron chi connectivity index (χ3n) is 2.92. The maximum atomic E-state index is 10.9. The molecule has 21 heavy (non-hydrogen) atoms. The van der Waals surface area contributed by atoms with E-state index >= 15 is 0 Å². The van der Waals surface area contributed by atoms with Crippen LogP contribution in [-0.4, -0.2) is 16.1 Å². The zero-order valence-electron chi connectivity index (χ0n) is 11.4. The van der Waals surface area contributed by atoms with Gasteiger partial charge in [0.25, 0.3) is 0 Å². The summed E-state index contributed by atoms with van der Waals surface area (Å²) >= 11 is 5.93. The van der Waals surface area contributed by atoms with E-state index in [0.29, 0.717) is 22.6 Å². The average Bonchev–Trinajstić information content (AvgIpc) is 2.37. The molecule has 0 saturated heterocycles. The fourth-order valence-corrected chi connectivity index (χ4v) is 2.25. The number of aromatic nitrogens is 1. The smallest absolute Gasteiger partial charge is 0.337 e. The van der Waals surface area contributed by atoms with Crippen molar-refractivity contribution in [1.82, 2.24) is 4.98 Å². The van der Waals surface area contributed by atoms with Gasteiger partial charge in [0.2, 0.25) is 0 Å². The third kappa shape index (κ3) is 3.12. The molecular formula is C15H12ClN3O2. The number of pyridine rings is 1. The molecule has 0 fully saturated rings. The maximum absolute atomic E-state index is 10.9. The summed E-state index contributed by atoms with van der Waals surface area (Å²) in [4.78, 5) is 15.2. The van der Waals surface area contributed by atoms with Gasteiger partial charge in [0, 0.05) is 11.4 Å². The molecule has 1 aromatic carbocycles. The van der Waals surface area contributed by atoms with Crippen LogP contribution >= 0.6 is 11.6 Å². The van der Waals surface area contributed by atoms with E-state index in [1.807, 2.05) is 6.92 Å².